The number of hydrogen-bond donors (Lipinski definition) is 1. The van der Waals surface area contributed by atoms with Crippen molar-refractivity contribution in [1.82, 2.24) is 19.5 Å². The third-order valence-corrected chi connectivity index (χ3v) is 8.11. The highest BCUT2D eigenvalue weighted by atomic mass is 32.2. The number of benzene rings is 1. The molecule has 2 aromatic heterocycles. The maximum absolute atomic E-state index is 14.1. The molecule has 7 nitrogen and oxygen atoms in total. The molecule has 1 N–H and O–H groups in total. The first-order valence-electron chi connectivity index (χ1n) is 12.6. The van der Waals surface area contributed by atoms with E-state index in [0.717, 1.165) is 18.4 Å². The molecule has 12 heteroatoms. The number of pyridine rings is 1. The Hall–Kier alpha value is -3.28. The number of ether oxygens (including phenoxy) is 1. The van der Waals surface area contributed by atoms with Crippen molar-refractivity contribution < 1.29 is 27.1 Å². The van der Waals surface area contributed by atoms with Crippen LogP contribution in [0, 0.1) is 17.2 Å². The summed E-state index contributed by atoms with van der Waals surface area (Å²) in [6.45, 7) is 6.48. The zero-order valence-corrected chi connectivity index (χ0v) is 22.6. The number of anilines is 1. The fourth-order valence-corrected chi connectivity index (χ4v) is 5.60. The Balaban J connectivity index is 1.40. The molecule has 0 spiro atoms. The Morgan fingerprint density at radius 1 is 1.18 bits per heavy atom. The monoisotopic (exact) mass is 563 g/mol. The van der Waals surface area contributed by atoms with Crippen molar-refractivity contribution in [3.63, 3.8) is 0 Å². The minimum Gasteiger partial charge on any atom is -0.476 e. The van der Waals surface area contributed by atoms with Gasteiger partial charge >= 0.3 is 6.18 Å². The van der Waals surface area contributed by atoms with Crippen molar-refractivity contribution in [2.75, 3.05) is 18.1 Å². The molecule has 1 aromatic carbocycles. The van der Waals surface area contributed by atoms with Gasteiger partial charge in [0.05, 0.1) is 10.5 Å². The number of halogens is 4. The van der Waals surface area contributed by atoms with Gasteiger partial charge in [0.25, 0.3) is 5.91 Å². The fraction of sp³-hybridized carbons (Fsp3) is 0.444. The molecule has 3 heterocycles. The zero-order valence-electron chi connectivity index (χ0n) is 21.8. The summed E-state index contributed by atoms with van der Waals surface area (Å²) in [6, 6.07) is 10.9. The second-order valence-electron chi connectivity index (χ2n) is 10.9. The van der Waals surface area contributed by atoms with Gasteiger partial charge in [-0.1, -0.05) is 19.1 Å². The first-order chi connectivity index (χ1) is 18.4. The number of carbonyl (C=O) groups is 1. The highest BCUT2D eigenvalue weighted by molar-refractivity contribution is 7.98. The van der Waals surface area contributed by atoms with Crippen LogP contribution in [0.15, 0.2) is 53.6 Å². The van der Waals surface area contributed by atoms with Crippen LogP contribution in [0.1, 0.15) is 50.4 Å². The number of hydrogen-bond acceptors (Lipinski definition) is 6. The third-order valence-electron chi connectivity index (χ3n) is 7.27. The molecule has 1 aliphatic heterocycles. The first kappa shape index (κ1) is 27.3. The summed E-state index contributed by atoms with van der Waals surface area (Å²) in [6.07, 6.45) is -1.77. The van der Waals surface area contributed by atoms with E-state index in [2.05, 4.69) is 35.5 Å². The van der Waals surface area contributed by atoms with Crippen LogP contribution in [0.5, 0.6) is 5.88 Å². The van der Waals surface area contributed by atoms with E-state index in [0.29, 0.717) is 29.7 Å². The summed E-state index contributed by atoms with van der Waals surface area (Å²) in [4.78, 5) is 20.4. The van der Waals surface area contributed by atoms with Gasteiger partial charge in [-0.2, -0.15) is 13.2 Å². The lowest BCUT2D eigenvalue weighted by atomic mass is 9.97. The molecule has 1 saturated heterocycles. The molecule has 1 unspecified atom stereocenters. The number of alkyl halides is 3. The van der Waals surface area contributed by atoms with Gasteiger partial charge < -0.3 is 9.64 Å². The Morgan fingerprint density at radius 2 is 1.92 bits per heavy atom. The lowest BCUT2D eigenvalue weighted by Crippen LogP contribution is -2.40. The number of amides is 1. The minimum absolute atomic E-state index is 0.0465. The molecule has 1 atom stereocenters. The largest absolute Gasteiger partial charge is 0.476 e. The van der Waals surface area contributed by atoms with Crippen LogP contribution < -0.4 is 14.4 Å². The van der Waals surface area contributed by atoms with Crippen molar-refractivity contribution in [3.05, 3.63) is 60.0 Å². The molecule has 2 fully saturated rings. The topological polar surface area (TPSA) is 72.3 Å². The number of rotatable bonds is 8. The van der Waals surface area contributed by atoms with E-state index in [1.165, 1.54) is 16.8 Å². The van der Waals surface area contributed by atoms with Crippen LogP contribution in [-0.4, -0.2) is 45.5 Å². The average Bonchev–Trinajstić information content (AvgIpc) is 3.45. The summed E-state index contributed by atoms with van der Waals surface area (Å²) in [7, 11) is 0. The average molecular weight is 564 g/mol. The molecule has 1 saturated carbocycles. The molecule has 39 heavy (non-hydrogen) atoms. The fourth-order valence-electron chi connectivity index (χ4n) is 4.98. The summed E-state index contributed by atoms with van der Waals surface area (Å²) >= 11 is 0.885. The summed E-state index contributed by atoms with van der Waals surface area (Å²) in [5.41, 5.74) is -1.77. The van der Waals surface area contributed by atoms with Crippen molar-refractivity contribution >= 4 is 23.7 Å². The van der Waals surface area contributed by atoms with Crippen LogP contribution in [0.2, 0.25) is 0 Å². The molecule has 208 valence electrons. The maximum atomic E-state index is 14.1. The highest BCUT2D eigenvalue weighted by Gasteiger charge is 2.64. The zero-order chi connectivity index (χ0) is 28.0. The SMILES string of the molecule is CC1CN(c2nc(-n3ccc(OCC4(C(F)(F)F)CC4)n3)ccc2C(=O)NSc2ccccc2F)C(C)(C)C1. The molecule has 1 aliphatic carbocycles. The van der Waals surface area contributed by atoms with Gasteiger partial charge in [0.15, 0.2) is 5.82 Å². The predicted molar refractivity (Wildman–Crippen MR) is 140 cm³/mol. The van der Waals surface area contributed by atoms with E-state index in [-0.39, 0.29) is 29.2 Å². The Morgan fingerprint density at radius 3 is 2.56 bits per heavy atom. The minimum atomic E-state index is -4.31. The molecule has 1 amide bonds. The molecule has 0 radical (unpaired) electrons. The van der Waals surface area contributed by atoms with Gasteiger partial charge in [-0.15, -0.1) is 5.10 Å². The second kappa shape index (κ2) is 10.0. The summed E-state index contributed by atoms with van der Waals surface area (Å²) < 4.78 is 63.3. The van der Waals surface area contributed by atoms with Crippen molar-refractivity contribution in [1.29, 1.82) is 0 Å². The molecule has 2 aliphatic rings. The van der Waals surface area contributed by atoms with Crippen LogP contribution in [0.25, 0.3) is 5.82 Å². The van der Waals surface area contributed by atoms with Crippen LogP contribution >= 0.6 is 11.9 Å². The van der Waals surface area contributed by atoms with E-state index in [9.17, 15) is 22.4 Å². The van der Waals surface area contributed by atoms with E-state index >= 15 is 0 Å². The van der Waals surface area contributed by atoms with E-state index in [1.54, 1.807) is 36.5 Å². The van der Waals surface area contributed by atoms with Crippen LogP contribution in [0.3, 0.4) is 0 Å². The third kappa shape index (κ3) is 5.57. The molecule has 3 aromatic rings. The van der Waals surface area contributed by atoms with Gasteiger partial charge in [0.1, 0.15) is 23.7 Å². The van der Waals surface area contributed by atoms with Gasteiger partial charge in [-0.05, 0) is 75.2 Å². The van der Waals surface area contributed by atoms with Crippen molar-refractivity contribution in [2.45, 2.75) is 56.6 Å². The number of nitrogens with one attached hydrogen (secondary N) is 1. The molecular formula is C27H29F4N5O2S. The standard InChI is InChI=1S/C27H29F4N5O2S/c1-17-14-25(2,3)35(15-17)23-18(24(37)34-39-20-7-5-4-6-19(20)28)8-9-21(32-23)36-13-10-22(33-36)38-16-26(11-12-26)27(29,30)31/h4-10,13,17H,11-12,14-16H2,1-3H3,(H,34,37). The molecule has 0 bridgehead atoms. The number of carbonyl (C=O) groups excluding carboxylic acids is 1. The number of nitrogens with zero attached hydrogens (tertiary/aromatic N) is 4. The summed E-state index contributed by atoms with van der Waals surface area (Å²) in [5, 5.41) is 4.27. The lowest BCUT2D eigenvalue weighted by Gasteiger charge is -2.34. The normalized spacial score (nSPS) is 19.7. The van der Waals surface area contributed by atoms with Crippen LogP contribution in [0.4, 0.5) is 23.4 Å². The Kier molecular flexibility index (Phi) is 7.02. The van der Waals surface area contributed by atoms with Gasteiger partial charge in [-0.3, -0.25) is 9.52 Å². The second-order valence-corrected chi connectivity index (χ2v) is 11.8. The lowest BCUT2D eigenvalue weighted by molar-refractivity contribution is -0.194. The first-order valence-corrected chi connectivity index (χ1v) is 13.5. The Bertz CT molecular complexity index is 1370. The summed E-state index contributed by atoms with van der Waals surface area (Å²) in [5.74, 6) is 0.379. The van der Waals surface area contributed by atoms with E-state index in [4.69, 9.17) is 9.72 Å². The highest BCUT2D eigenvalue weighted by Crippen LogP contribution is 2.57. The van der Waals surface area contributed by atoms with Gasteiger partial charge in [0.2, 0.25) is 5.88 Å². The number of aromatic nitrogens is 3. The smallest absolute Gasteiger partial charge is 0.397 e. The van der Waals surface area contributed by atoms with E-state index in [1.807, 2.05) is 0 Å². The predicted octanol–water partition coefficient (Wildman–Crippen LogP) is 6.19. The van der Waals surface area contributed by atoms with Crippen molar-refractivity contribution in [2.24, 2.45) is 11.3 Å². The van der Waals surface area contributed by atoms with E-state index < -0.39 is 29.9 Å². The molecule has 5 rings (SSSR count). The quantitative estimate of drug-likeness (QED) is 0.260. The maximum Gasteiger partial charge on any atom is 0.397 e. The Labute approximate surface area is 228 Å². The van der Waals surface area contributed by atoms with Gasteiger partial charge in [-0.25, -0.2) is 14.1 Å². The van der Waals surface area contributed by atoms with Crippen molar-refractivity contribution in [3.8, 4) is 11.7 Å². The van der Waals surface area contributed by atoms with Crippen LogP contribution in [-0.2, 0) is 0 Å². The molecular weight excluding hydrogens is 534 g/mol. The van der Waals surface area contributed by atoms with Gasteiger partial charge in [0, 0.05) is 24.3 Å².